The van der Waals surface area contributed by atoms with Crippen LogP contribution < -0.4 is 11.5 Å². The Labute approximate surface area is 66.4 Å². The molecule has 0 saturated carbocycles. The lowest BCUT2D eigenvalue weighted by atomic mass is 10.1. The highest BCUT2D eigenvalue weighted by Crippen LogP contribution is 2.21. The second kappa shape index (κ2) is 3.53. The first-order valence-electron chi connectivity index (χ1n) is 3.93. The van der Waals surface area contributed by atoms with E-state index >= 15 is 0 Å². The Kier molecular flexibility index (Phi) is 2.65. The smallest absolute Gasteiger partial charge is 0.234 e. The maximum absolute atomic E-state index is 10.6. The van der Waals surface area contributed by atoms with Crippen molar-refractivity contribution in [3.63, 3.8) is 0 Å². The molecule has 4 N–H and O–H groups in total. The van der Waals surface area contributed by atoms with Crippen molar-refractivity contribution in [1.29, 1.82) is 0 Å². The number of amides is 1. The number of primary amides is 1. The van der Waals surface area contributed by atoms with E-state index in [1.807, 2.05) is 0 Å². The summed E-state index contributed by atoms with van der Waals surface area (Å²) >= 11 is 0. The van der Waals surface area contributed by atoms with E-state index in [-0.39, 0.29) is 0 Å². The van der Waals surface area contributed by atoms with E-state index in [9.17, 15) is 4.79 Å². The number of hydrogen-bond donors (Lipinski definition) is 2. The zero-order valence-electron chi connectivity index (χ0n) is 6.55. The first-order valence-corrected chi connectivity index (χ1v) is 3.93. The molecule has 0 fully saturated rings. The molecule has 1 aliphatic carbocycles. The second-order valence-corrected chi connectivity index (χ2v) is 2.97. The lowest BCUT2D eigenvalue weighted by Gasteiger charge is -2.06. The predicted octanol–water partition coefficient (Wildman–Crippen LogP) is 0.299. The number of nitrogens with two attached hydrogens (primary N) is 2. The van der Waals surface area contributed by atoms with Crippen molar-refractivity contribution in [3.8, 4) is 0 Å². The van der Waals surface area contributed by atoms with Crippen LogP contribution in [0.2, 0.25) is 0 Å². The van der Waals surface area contributed by atoms with Crippen LogP contribution in [-0.4, -0.2) is 11.9 Å². The largest absolute Gasteiger partial charge is 0.368 e. The highest BCUT2D eigenvalue weighted by Gasteiger charge is 2.13. The Morgan fingerprint density at radius 2 is 2.45 bits per heavy atom. The van der Waals surface area contributed by atoms with Gasteiger partial charge in [0.05, 0.1) is 6.04 Å². The maximum atomic E-state index is 10.6. The summed E-state index contributed by atoms with van der Waals surface area (Å²) in [4.78, 5) is 10.6. The third-order valence-electron chi connectivity index (χ3n) is 1.98. The summed E-state index contributed by atoms with van der Waals surface area (Å²) in [5.41, 5.74) is 11.8. The van der Waals surface area contributed by atoms with E-state index in [1.165, 1.54) is 12.0 Å². The fourth-order valence-corrected chi connectivity index (χ4v) is 1.31. The Bertz CT molecular complexity index is 187. The van der Waals surface area contributed by atoms with Crippen LogP contribution in [0.1, 0.15) is 25.7 Å². The van der Waals surface area contributed by atoms with Gasteiger partial charge in [0.15, 0.2) is 0 Å². The number of allylic oxidation sites excluding steroid dienone is 1. The number of carbonyl (C=O) groups is 1. The first kappa shape index (κ1) is 8.27. The third-order valence-corrected chi connectivity index (χ3v) is 1.98. The fourth-order valence-electron chi connectivity index (χ4n) is 1.31. The van der Waals surface area contributed by atoms with Gasteiger partial charge in [-0.1, -0.05) is 11.6 Å². The Morgan fingerprint density at radius 3 is 2.91 bits per heavy atom. The first-order chi connectivity index (χ1) is 5.20. The Balaban J connectivity index is 2.35. The van der Waals surface area contributed by atoms with Crippen LogP contribution in [0, 0.1) is 0 Å². The summed E-state index contributed by atoms with van der Waals surface area (Å²) in [6.07, 6.45) is 6.21. The molecule has 62 valence electrons. The molecule has 0 radical (unpaired) electrons. The van der Waals surface area contributed by atoms with Gasteiger partial charge in [-0.05, 0) is 25.7 Å². The summed E-state index contributed by atoms with van der Waals surface area (Å²) in [6, 6.07) is -0.487. The van der Waals surface area contributed by atoms with Gasteiger partial charge in [0.2, 0.25) is 5.91 Å². The lowest BCUT2D eigenvalue weighted by molar-refractivity contribution is -0.119. The average Bonchev–Trinajstić information content (AvgIpc) is 2.39. The Morgan fingerprint density at radius 1 is 1.73 bits per heavy atom. The molecule has 0 bridgehead atoms. The highest BCUT2D eigenvalue weighted by molar-refractivity contribution is 5.79. The molecule has 0 aromatic rings. The molecule has 0 aromatic carbocycles. The normalized spacial score (nSPS) is 19.5. The van der Waals surface area contributed by atoms with Crippen molar-refractivity contribution < 1.29 is 4.79 Å². The molecule has 0 saturated heterocycles. The molecule has 3 nitrogen and oxygen atoms in total. The average molecular weight is 154 g/mol. The molecule has 1 aliphatic rings. The highest BCUT2D eigenvalue weighted by atomic mass is 16.1. The van der Waals surface area contributed by atoms with E-state index < -0.39 is 11.9 Å². The predicted molar refractivity (Wildman–Crippen MR) is 43.7 cm³/mol. The van der Waals surface area contributed by atoms with Crippen molar-refractivity contribution in [2.45, 2.75) is 31.7 Å². The van der Waals surface area contributed by atoms with Crippen molar-refractivity contribution in [3.05, 3.63) is 11.6 Å². The van der Waals surface area contributed by atoms with Gasteiger partial charge in [-0.25, -0.2) is 0 Å². The third kappa shape index (κ3) is 2.35. The van der Waals surface area contributed by atoms with Crippen molar-refractivity contribution in [1.82, 2.24) is 0 Å². The summed E-state index contributed by atoms with van der Waals surface area (Å²) in [7, 11) is 0. The molecule has 11 heavy (non-hydrogen) atoms. The number of hydrogen-bond acceptors (Lipinski definition) is 2. The van der Waals surface area contributed by atoms with Crippen molar-refractivity contribution >= 4 is 5.91 Å². The van der Waals surface area contributed by atoms with E-state index in [0.29, 0.717) is 6.42 Å². The van der Waals surface area contributed by atoms with Crippen LogP contribution in [0.15, 0.2) is 11.6 Å². The number of carbonyl (C=O) groups excluding carboxylic acids is 1. The van der Waals surface area contributed by atoms with Gasteiger partial charge in [-0.3, -0.25) is 4.79 Å². The standard InChI is InChI=1S/C8H14N2O/c9-7(8(10)11)5-6-3-1-2-4-6/h3,7H,1-2,4-5,9H2,(H2,10,11). The minimum Gasteiger partial charge on any atom is -0.368 e. The molecule has 0 aliphatic heterocycles. The SMILES string of the molecule is NC(=O)C(N)CC1=CCCC1. The molecular formula is C8H14N2O. The van der Waals surface area contributed by atoms with Crippen LogP contribution in [0.5, 0.6) is 0 Å². The maximum Gasteiger partial charge on any atom is 0.234 e. The molecule has 0 aromatic heterocycles. The van der Waals surface area contributed by atoms with Crippen LogP contribution in [0.3, 0.4) is 0 Å². The van der Waals surface area contributed by atoms with Crippen LogP contribution in [0.25, 0.3) is 0 Å². The summed E-state index contributed by atoms with van der Waals surface area (Å²) in [5.74, 6) is -0.405. The molecule has 1 rings (SSSR count). The van der Waals surface area contributed by atoms with Crippen LogP contribution in [0.4, 0.5) is 0 Å². The minimum atomic E-state index is -0.487. The van der Waals surface area contributed by atoms with Gasteiger partial charge < -0.3 is 11.5 Å². The topological polar surface area (TPSA) is 69.1 Å². The Hall–Kier alpha value is -0.830. The summed E-state index contributed by atoms with van der Waals surface area (Å²) < 4.78 is 0. The zero-order chi connectivity index (χ0) is 8.27. The van der Waals surface area contributed by atoms with Crippen molar-refractivity contribution in [2.75, 3.05) is 0 Å². The molecule has 1 atom stereocenters. The molecule has 1 unspecified atom stereocenters. The van der Waals surface area contributed by atoms with Gasteiger partial charge in [0.1, 0.15) is 0 Å². The zero-order valence-corrected chi connectivity index (χ0v) is 6.55. The van der Waals surface area contributed by atoms with Gasteiger partial charge in [0.25, 0.3) is 0 Å². The molecular weight excluding hydrogens is 140 g/mol. The fraction of sp³-hybridized carbons (Fsp3) is 0.625. The van der Waals surface area contributed by atoms with E-state index in [4.69, 9.17) is 11.5 Å². The molecule has 3 heteroatoms. The quantitative estimate of drug-likeness (QED) is 0.574. The van der Waals surface area contributed by atoms with E-state index in [1.54, 1.807) is 0 Å². The van der Waals surface area contributed by atoms with Gasteiger partial charge in [0, 0.05) is 0 Å². The monoisotopic (exact) mass is 154 g/mol. The molecule has 0 heterocycles. The van der Waals surface area contributed by atoms with E-state index in [2.05, 4.69) is 6.08 Å². The molecule has 0 spiro atoms. The summed E-state index contributed by atoms with van der Waals surface area (Å²) in [5, 5.41) is 0. The minimum absolute atomic E-state index is 0.405. The summed E-state index contributed by atoms with van der Waals surface area (Å²) in [6.45, 7) is 0. The lowest BCUT2D eigenvalue weighted by Crippen LogP contribution is -2.36. The van der Waals surface area contributed by atoms with Crippen LogP contribution in [-0.2, 0) is 4.79 Å². The number of rotatable bonds is 3. The van der Waals surface area contributed by atoms with Crippen molar-refractivity contribution in [2.24, 2.45) is 11.5 Å². The second-order valence-electron chi connectivity index (χ2n) is 2.97. The van der Waals surface area contributed by atoms with Gasteiger partial charge in [-0.15, -0.1) is 0 Å². The molecule has 1 amide bonds. The van der Waals surface area contributed by atoms with Gasteiger partial charge >= 0.3 is 0 Å². The van der Waals surface area contributed by atoms with E-state index in [0.717, 1.165) is 12.8 Å². The van der Waals surface area contributed by atoms with Crippen LogP contribution >= 0.6 is 0 Å². The van der Waals surface area contributed by atoms with Gasteiger partial charge in [-0.2, -0.15) is 0 Å².